The first kappa shape index (κ1) is 31.4. The molecule has 41 heavy (non-hydrogen) atoms. The Labute approximate surface area is 251 Å². The fraction of sp³-hybridized carbons (Fsp3) is 0.656. The van der Waals surface area contributed by atoms with Crippen molar-refractivity contribution in [2.24, 2.45) is 5.92 Å². The number of aromatic nitrogens is 2. The van der Waals surface area contributed by atoms with Gasteiger partial charge in [-0.1, -0.05) is 57.6 Å². The van der Waals surface area contributed by atoms with Gasteiger partial charge in [-0.05, 0) is 63.1 Å². The van der Waals surface area contributed by atoms with E-state index in [-0.39, 0.29) is 36.3 Å². The third-order valence-electron chi connectivity index (χ3n) is 9.72. The Bertz CT molecular complexity index is 1150. The number of methoxy groups -OCH3 is 1. The number of likely N-dealkylation sites (tertiary alicyclic amines) is 1. The quantitative estimate of drug-likeness (QED) is 0.407. The maximum Gasteiger partial charge on any atom is 0.246 e. The Morgan fingerprint density at radius 2 is 1.76 bits per heavy atom. The summed E-state index contributed by atoms with van der Waals surface area (Å²) >= 11 is 0. The van der Waals surface area contributed by atoms with E-state index < -0.39 is 5.54 Å². The number of aryl methyl sites for hydroxylation is 2. The van der Waals surface area contributed by atoms with E-state index in [1.807, 2.05) is 24.0 Å². The largest absolute Gasteiger partial charge is 0.497 e. The van der Waals surface area contributed by atoms with Crippen LogP contribution >= 0.6 is 12.4 Å². The van der Waals surface area contributed by atoms with E-state index in [1.54, 1.807) is 7.11 Å². The third-order valence-corrected chi connectivity index (χ3v) is 9.72. The number of amides is 2. The van der Waals surface area contributed by atoms with Gasteiger partial charge >= 0.3 is 0 Å². The number of rotatable bonds is 9. The van der Waals surface area contributed by atoms with Crippen LogP contribution in [0.25, 0.3) is 0 Å². The zero-order valence-corrected chi connectivity index (χ0v) is 26.0. The number of benzene rings is 1. The number of nitrogens with zero attached hydrogens (tertiary/aromatic N) is 3. The molecule has 8 nitrogen and oxygen atoms in total. The number of piperidine rings is 1. The maximum absolute atomic E-state index is 14.0. The van der Waals surface area contributed by atoms with Crippen molar-refractivity contribution in [1.29, 1.82) is 0 Å². The molecule has 1 aliphatic carbocycles. The number of carbonyl (C=O) groups excluding carboxylic acids is 2. The number of hydrogen-bond donors (Lipinski definition) is 2. The van der Waals surface area contributed by atoms with E-state index in [0.29, 0.717) is 25.3 Å². The van der Waals surface area contributed by atoms with E-state index in [2.05, 4.69) is 46.4 Å². The molecule has 1 aromatic heterocycles. The predicted octanol–water partition coefficient (Wildman–Crippen LogP) is 5.48. The predicted molar refractivity (Wildman–Crippen MR) is 163 cm³/mol. The van der Waals surface area contributed by atoms with Gasteiger partial charge in [-0.25, -0.2) is 0 Å². The first-order valence-corrected chi connectivity index (χ1v) is 15.4. The fourth-order valence-electron chi connectivity index (χ4n) is 7.39. The van der Waals surface area contributed by atoms with Gasteiger partial charge in [-0.15, -0.1) is 12.4 Å². The molecule has 0 radical (unpaired) electrons. The minimum absolute atomic E-state index is 0. The summed E-state index contributed by atoms with van der Waals surface area (Å²) in [4.78, 5) is 32.4. The lowest BCUT2D eigenvalue weighted by Crippen LogP contribution is -2.73. The Balaban J connectivity index is 0.00000387. The monoisotopic (exact) mass is 585 g/mol. The Morgan fingerprint density at radius 3 is 2.34 bits per heavy atom. The number of unbranched alkanes of at least 4 members (excludes halogenated alkanes) is 1. The average Bonchev–Trinajstić information content (AvgIpc) is 3.31. The van der Waals surface area contributed by atoms with Crippen LogP contribution in [0.15, 0.2) is 24.3 Å². The molecule has 1 saturated carbocycles. The van der Waals surface area contributed by atoms with E-state index in [4.69, 9.17) is 4.74 Å². The molecule has 2 saturated heterocycles. The van der Waals surface area contributed by atoms with Crippen molar-refractivity contribution in [3.05, 3.63) is 46.8 Å². The molecular formula is C32H48ClN5O3. The summed E-state index contributed by atoms with van der Waals surface area (Å²) in [6, 6.07) is 7.89. The average molecular weight is 586 g/mol. The van der Waals surface area contributed by atoms with Gasteiger partial charge in [-0.2, -0.15) is 5.10 Å². The third kappa shape index (κ3) is 6.29. The molecule has 2 N–H and O–H groups in total. The molecule has 2 aliphatic heterocycles. The van der Waals surface area contributed by atoms with E-state index in [9.17, 15) is 9.59 Å². The smallest absolute Gasteiger partial charge is 0.246 e. The van der Waals surface area contributed by atoms with Crippen LogP contribution < -0.4 is 10.1 Å². The van der Waals surface area contributed by atoms with Gasteiger partial charge in [0, 0.05) is 30.9 Å². The number of ether oxygens (including phenoxy) is 1. The molecule has 0 bridgehead atoms. The van der Waals surface area contributed by atoms with Gasteiger partial charge in [0.25, 0.3) is 0 Å². The molecule has 5 rings (SSSR count). The Morgan fingerprint density at radius 1 is 1.07 bits per heavy atom. The number of hydrogen-bond acceptors (Lipinski definition) is 5. The van der Waals surface area contributed by atoms with Crippen LogP contribution in [0.4, 0.5) is 0 Å². The van der Waals surface area contributed by atoms with Gasteiger partial charge in [0.05, 0.1) is 18.8 Å². The van der Waals surface area contributed by atoms with Crippen molar-refractivity contribution in [1.82, 2.24) is 25.3 Å². The SMILES string of the molecule is CCCCN1C(=O)[C@H](CC2CCCCC2)NC(=O)C12CCN(C(c1ccc(OC)cc1)c1c(C)n[nH]c1C)CC2.Cl. The first-order valence-electron chi connectivity index (χ1n) is 15.4. The summed E-state index contributed by atoms with van der Waals surface area (Å²) in [5.74, 6) is 1.56. The fourth-order valence-corrected chi connectivity index (χ4v) is 7.39. The molecule has 1 spiro atoms. The summed E-state index contributed by atoms with van der Waals surface area (Å²) in [5.41, 5.74) is 3.62. The maximum atomic E-state index is 14.0. The van der Waals surface area contributed by atoms with Gasteiger partial charge in [-0.3, -0.25) is 19.6 Å². The lowest BCUT2D eigenvalue weighted by Gasteiger charge is -2.53. The molecule has 1 aromatic carbocycles. The van der Waals surface area contributed by atoms with Gasteiger partial charge in [0.15, 0.2) is 0 Å². The number of H-pyrrole nitrogens is 1. The highest BCUT2D eigenvalue weighted by Gasteiger charge is 2.54. The second kappa shape index (κ2) is 13.6. The topological polar surface area (TPSA) is 90.6 Å². The van der Waals surface area contributed by atoms with Crippen molar-refractivity contribution in [3.63, 3.8) is 0 Å². The Hall–Kier alpha value is -2.58. The lowest BCUT2D eigenvalue weighted by atomic mass is 9.78. The molecule has 226 valence electrons. The molecule has 3 aliphatic rings. The van der Waals surface area contributed by atoms with Crippen molar-refractivity contribution in [2.75, 3.05) is 26.7 Å². The number of nitrogens with one attached hydrogen (secondary N) is 2. The number of halogens is 1. The normalized spacial score (nSPS) is 22.3. The molecule has 1 unspecified atom stereocenters. The van der Waals surface area contributed by atoms with Crippen LogP contribution in [0.5, 0.6) is 5.75 Å². The van der Waals surface area contributed by atoms with Crippen molar-refractivity contribution in [3.8, 4) is 5.75 Å². The molecule has 2 aromatic rings. The highest BCUT2D eigenvalue weighted by Crippen LogP contribution is 2.40. The number of piperazine rings is 1. The summed E-state index contributed by atoms with van der Waals surface area (Å²) in [7, 11) is 1.68. The zero-order chi connectivity index (χ0) is 28.3. The second-order valence-corrected chi connectivity index (χ2v) is 12.2. The summed E-state index contributed by atoms with van der Waals surface area (Å²) < 4.78 is 5.42. The van der Waals surface area contributed by atoms with Crippen molar-refractivity contribution < 1.29 is 14.3 Å². The van der Waals surface area contributed by atoms with Gasteiger partial charge < -0.3 is 15.0 Å². The van der Waals surface area contributed by atoms with Crippen LogP contribution in [0.1, 0.15) is 99.7 Å². The molecule has 2 atom stereocenters. The highest BCUT2D eigenvalue weighted by atomic mass is 35.5. The molecule has 9 heteroatoms. The van der Waals surface area contributed by atoms with Gasteiger partial charge in [0.2, 0.25) is 11.8 Å². The highest BCUT2D eigenvalue weighted by molar-refractivity contribution is 6.00. The van der Waals surface area contributed by atoms with Crippen LogP contribution in [0.2, 0.25) is 0 Å². The standard InChI is InChI=1S/C32H47N5O3.ClH/c1-5-6-18-37-30(38)27(21-24-10-8-7-9-11-24)33-31(39)32(37)16-19-36(20-17-32)29(28-22(2)34-35-23(28)3)25-12-14-26(40-4)15-13-25;/h12-15,24,27,29H,5-11,16-21H2,1-4H3,(H,33,39)(H,34,35);1H/t27-,29?;/m0./s1. The molecule has 3 heterocycles. The van der Waals surface area contributed by atoms with E-state index in [1.165, 1.54) is 43.2 Å². The van der Waals surface area contributed by atoms with Crippen molar-refractivity contribution in [2.45, 2.75) is 103 Å². The van der Waals surface area contributed by atoms with Crippen LogP contribution in [0, 0.1) is 19.8 Å². The number of carbonyl (C=O) groups is 2. The number of aromatic amines is 1. The minimum Gasteiger partial charge on any atom is -0.497 e. The Kier molecular flexibility index (Phi) is 10.4. The zero-order valence-electron chi connectivity index (χ0n) is 25.2. The summed E-state index contributed by atoms with van der Waals surface area (Å²) in [5, 5.41) is 10.9. The van der Waals surface area contributed by atoms with E-state index >= 15 is 0 Å². The lowest BCUT2D eigenvalue weighted by molar-refractivity contribution is -0.162. The molecular weight excluding hydrogens is 538 g/mol. The second-order valence-electron chi connectivity index (χ2n) is 12.2. The summed E-state index contributed by atoms with van der Waals surface area (Å²) in [6.45, 7) is 8.37. The van der Waals surface area contributed by atoms with Crippen LogP contribution in [-0.4, -0.2) is 70.1 Å². The van der Waals surface area contributed by atoms with E-state index in [0.717, 1.165) is 49.5 Å². The van der Waals surface area contributed by atoms with Gasteiger partial charge in [0.1, 0.15) is 17.3 Å². The first-order chi connectivity index (χ1) is 19.4. The molecule has 2 amide bonds. The van der Waals surface area contributed by atoms with Crippen LogP contribution in [0.3, 0.4) is 0 Å². The van der Waals surface area contributed by atoms with Crippen LogP contribution in [-0.2, 0) is 9.59 Å². The van der Waals surface area contributed by atoms with Crippen molar-refractivity contribution >= 4 is 24.2 Å². The minimum atomic E-state index is -0.767. The molecule has 3 fully saturated rings. The summed E-state index contributed by atoms with van der Waals surface area (Å²) in [6.07, 6.45) is 10.1.